The van der Waals surface area contributed by atoms with Crippen molar-refractivity contribution < 1.29 is 23.5 Å². The standard InChI is InChI=1S/C45H85I2N2O4/c1-4-6-8-10-12-13-14-15-16-17-18-19-20-24-28-33-45(51)53-41-39-49(3)37-34-48(35-38-49)36-40-52-44(50)32-29-25-21-23-27-31-43(47)42(46)30-26-22-11-9-7-5-2/h15-16,42-43H,4-14,17-41H2,1-3H3/q+1. The van der Waals surface area contributed by atoms with E-state index in [4.69, 9.17) is 9.47 Å². The number of hydrogen-bond donors (Lipinski definition) is 0. The largest absolute Gasteiger partial charge is 0.464 e. The second-order valence-electron chi connectivity index (χ2n) is 16.3. The number of unbranched alkanes of at least 4 members (excludes halogenated alkanes) is 20. The first-order valence-electron chi connectivity index (χ1n) is 22.6. The van der Waals surface area contributed by atoms with E-state index in [1.54, 1.807) is 0 Å². The molecule has 1 saturated heterocycles. The quantitative estimate of drug-likeness (QED) is 0.0155. The summed E-state index contributed by atoms with van der Waals surface area (Å²) in [5, 5.41) is 0. The average molecular weight is 972 g/mol. The van der Waals surface area contributed by atoms with Crippen LogP contribution in [-0.2, 0) is 19.1 Å². The number of esters is 2. The highest BCUT2D eigenvalue weighted by molar-refractivity contribution is 14.1. The molecule has 0 radical (unpaired) electrons. The molecule has 0 bridgehead atoms. The first-order chi connectivity index (χ1) is 25.8. The van der Waals surface area contributed by atoms with Gasteiger partial charge in [0.1, 0.15) is 19.8 Å². The lowest BCUT2D eigenvalue weighted by Crippen LogP contribution is -2.58. The van der Waals surface area contributed by atoms with Gasteiger partial charge in [0.25, 0.3) is 0 Å². The maximum Gasteiger partial charge on any atom is 0.305 e. The summed E-state index contributed by atoms with van der Waals surface area (Å²) in [7, 11) is 2.27. The number of piperazine rings is 1. The monoisotopic (exact) mass is 971 g/mol. The summed E-state index contributed by atoms with van der Waals surface area (Å²) in [6, 6.07) is 0. The van der Waals surface area contributed by atoms with Gasteiger partial charge in [0.15, 0.2) is 0 Å². The average Bonchev–Trinajstić information content (AvgIpc) is 3.14. The minimum Gasteiger partial charge on any atom is -0.464 e. The summed E-state index contributed by atoms with van der Waals surface area (Å²) in [5.74, 6) is -0.0799. The van der Waals surface area contributed by atoms with Crippen LogP contribution in [-0.4, -0.2) is 88.7 Å². The zero-order chi connectivity index (χ0) is 38.7. The Bertz CT molecular complexity index is 881. The van der Waals surface area contributed by atoms with E-state index in [9.17, 15) is 9.59 Å². The maximum absolute atomic E-state index is 12.3. The van der Waals surface area contributed by atoms with Gasteiger partial charge in [0.05, 0.1) is 20.1 Å². The highest BCUT2D eigenvalue weighted by atomic mass is 127. The molecule has 0 aromatic carbocycles. The summed E-state index contributed by atoms with van der Waals surface area (Å²) in [4.78, 5) is 27.0. The van der Waals surface area contributed by atoms with Crippen LogP contribution in [0.5, 0.6) is 0 Å². The number of carbonyl (C=O) groups is 2. The summed E-state index contributed by atoms with van der Waals surface area (Å²) >= 11 is 5.36. The number of halogens is 2. The van der Waals surface area contributed by atoms with Gasteiger partial charge in [0.2, 0.25) is 0 Å². The van der Waals surface area contributed by atoms with Gasteiger partial charge in [-0.05, 0) is 51.4 Å². The van der Waals surface area contributed by atoms with Crippen LogP contribution in [0.4, 0.5) is 0 Å². The Hall–Kier alpha value is 0.0600. The third-order valence-electron chi connectivity index (χ3n) is 11.2. The number of hydrogen-bond acceptors (Lipinski definition) is 5. The van der Waals surface area contributed by atoms with Crippen molar-refractivity contribution in [1.29, 1.82) is 0 Å². The Kier molecular flexibility index (Phi) is 35.1. The molecule has 53 heavy (non-hydrogen) atoms. The molecule has 8 heteroatoms. The van der Waals surface area contributed by atoms with E-state index in [1.165, 1.54) is 141 Å². The van der Waals surface area contributed by atoms with Crippen molar-refractivity contribution in [3.63, 3.8) is 0 Å². The number of rotatable bonds is 37. The van der Waals surface area contributed by atoms with Crippen LogP contribution in [0.25, 0.3) is 0 Å². The lowest BCUT2D eigenvalue weighted by Gasteiger charge is -2.41. The highest BCUT2D eigenvalue weighted by Crippen LogP contribution is 2.26. The molecule has 0 N–H and O–H groups in total. The van der Waals surface area contributed by atoms with E-state index in [2.05, 4.69) is 83.1 Å². The van der Waals surface area contributed by atoms with Gasteiger partial charge in [-0.3, -0.25) is 14.5 Å². The molecular formula is C45H85I2N2O4+. The Morgan fingerprint density at radius 3 is 1.45 bits per heavy atom. The lowest BCUT2D eigenvalue weighted by atomic mass is 10.0. The molecule has 6 nitrogen and oxygen atoms in total. The van der Waals surface area contributed by atoms with Crippen molar-refractivity contribution in [1.82, 2.24) is 4.90 Å². The normalized spacial score (nSPS) is 15.9. The molecule has 0 amide bonds. The van der Waals surface area contributed by atoms with Crippen LogP contribution in [0.15, 0.2) is 12.2 Å². The number of quaternary nitrogens is 1. The second-order valence-corrected chi connectivity index (χ2v) is 19.5. The minimum atomic E-state index is -0.0408. The highest BCUT2D eigenvalue weighted by Gasteiger charge is 2.28. The fourth-order valence-corrected chi connectivity index (χ4v) is 8.81. The molecule has 0 spiro atoms. The molecular weight excluding hydrogens is 886 g/mol. The van der Waals surface area contributed by atoms with Crippen LogP contribution in [0.3, 0.4) is 0 Å². The topological polar surface area (TPSA) is 55.8 Å². The predicted octanol–water partition coefficient (Wildman–Crippen LogP) is 13.0. The molecule has 2 unspecified atom stereocenters. The van der Waals surface area contributed by atoms with Gasteiger partial charge in [-0.15, -0.1) is 0 Å². The molecule has 0 aliphatic carbocycles. The van der Waals surface area contributed by atoms with Crippen molar-refractivity contribution in [2.24, 2.45) is 0 Å². The molecule has 0 aromatic heterocycles. The van der Waals surface area contributed by atoms with Gasteiger partial charge in [0, 0.05) is 40.3 Å². The van der Waals surface area contributed by atoms with E-state index in [1.807, 2.05) is 0 Å². The maximum atomic E-state index is 12.3. The SMILES string of the molecule is CCCCCCCCC=CCCCCCCCC(=O)OCC[N+]1(C)CCN(CCOC(=O)CCCCCCCC(I)C(I)CCCCCCCC)CC1. The van der Waals surface area contributed by atoms with Crippen LogP contribution >= 0.6 is 45.2 Å². The third kappa shape index (κ3) is 31.8. The van der Waals surface area contributed by atoms with E-state index < -0.39 is 0 Å². The molecule has 1 rings (SSSR count). The lowest BCUT2D eigenvalue weighted by molar-refractivity contribution is -0.913. The zero-order valence-electron chi connectivity index (χ0n) is 35.0. The number of allylic oxidation sites excluding steroid dienone is 2. The molecule has 0 saturated carbocycles. The van der Waals surface area contributed by atoms with Gasteiger partial charge in [-0.1, -0.05) is 187 Å². The van der Waals surface area contributed by atoms with Crippen LogP contribution in [0.2, 0.25) is 0 Å². The Balaban J connectivity index is 1.93. The number of nitrogens with zero attached hydrogens (tertiary/aromatic N) is 2. The van der Waals surface area contributed by atoms with Crippen molar-refractivity contribution in [3.05, 3.63) is 12.2 Å². The van der Waals surface area contributed by atoms with Crippen molar-refractivity contribution >= 4 is 57.1 Å². The van der Waals surface area contributed by atoms with E-state index >= 15 is 0 Å². The number of ether oxygens (including phenoxy) is 2. The summed E-state index contributed by atoms with van der Waals surface area (Å²) < 4.78 is 13.7. The molecule has 312 valence electrons. The van der Waals surface area contributed by atoms with Gasteiger partial charge >= 0.3 is 11.9 Å². The number of carbonyl (C=O) groups excluding carboxylic acids is 2. The third-order valence-corrected chi connectivity index (χ3v) is 15.6. The summed E-state index contributed by atoms with van der Waals surface area (Å²) in [6.45, 7) is 11.3. The van der Waals surface area contributed by atoms with Gasteiger partial charge in [-0.25, -0.2) is 0 Å². The van der Waals surface area contributed by atoms with Gasteiger partial charge < -0.3 is 14.0 Å². The van der Waals surface area contributed by atoms with Crippen molar-refractivity contribution in [3.8, 4) is 0 Å². The molecule has 1 fully saturated rings. The summed E-state index contributed by atoms with van der Waals surface area (Å²) in [6.07, 6.45) is 39.2. The Labute approximate surface area is 356 Å². The number of alkyl halides is 2. The van der Waals surface area contributed by atoms with E-state index in [-0.39, 0.29) is 11.9 Å². The first kappa shape index (κ1) is 51.1. The van der Waals surface area contributed by atoms with Crippen LogP contribution < -0.4 is 0 Å². The van der Waals surface area contributed by atoms with Crippen molar-refractivity contribution in [2.75, 3.05) is 59.5 Å². The Morgan fingerprint density at radius 1 is 0.585 bits per heavy atom. The van der Waals surface area contributed by atoms with Gasteiger partial charge in [-0.2, -0.15) is 0 Å². The van der Waals surface area contributed by atoms with Crippen molar-refractivity contribution in [2.45, 2.75) is 201 Å². The van der Waals surface area contributed by atoms with E-state index in [0.717, 1.165) is 77.3 Å². The van der Waals surface area contributed by atoms with Crippen LogP contribution in [0, 0.1) is 0 Å². The molecule has 1 heterocycles. The molecule has 1 aliphatic heterocycles. The van der Waals surface area contributed by atoms with Crippen LogP contribution in [0.1, 0.15) is 194 Å². The zero-order valence-corrected chi connectivity index (χ0v) is 39.4. The second kappa shape index (κ2) is 36.4. The predicted molar refractivity (Wildman–Crippen MR) is 245 cm³/mol. The minimum absolute atomic E-state index is 0.0391. The molecule has 1 aliphatic rings. The first-order valence-corrected chi connectivity index (χ1v) is 25.1. The smallest absolute Gasteiger partial charge is 0.305 e. The fourth-order valence-electron chi connectivity index (χ4n) is 7.21. The summed E-state index contributed by atoms with van der Waals surface area (Å²) in [5.41, 5.74) is 0. The number of likely N-dealkylation sites (N-methyl/N-ethyl adjacent to an activating group) is 1. The molecule has 0 aromatic rings. The Morgan fingerprint density at radius 2 is 0.981 bits per heavy atom. The molecule has 2 atom stereocenters. The fraction of sp³-hybridized carbons (Fsp3) is 0.911. The van der Waals surface area contributed by atoms with E-state index in [0.29, 0.717) is 26.1 Å².